The number of carbonyl (C=O) groups is 1. The predicted molar refractivity (Wildman–Crippen MR) is 75.4 cm³/mol. The fraction of sp³-hybridized carbons (Fsp3) is 0.467. The predicted octanol–water partition coefficient (Wildman–Crippen LogP) is 1.82. The van der Waals surface area contributed by atoms with E-state index in [-0.39, 0.29) is 12.5 Å². The summed E-state index contributed by atoms with van der Waals surface area (Å²) in [7, 11) is 1.39. The van der Waals surface area contributed by atoms with Crippen molar-refractivity contribution in [2.24, 2.45) is 0 Å². The van der Waals surface area contributed by atoms with Crippen LogP contribution in [-0.2, 0) is 9.53 Å². The summed E-state index contributed by atoms with van der Waals surface area (Å²) < 4.78 is 10.3. The van der Waals surface area contributed by atoms with Crippen molar-refractivity contribution in [2.45, 2.75) is 13.3 Å². The highest BCUT2D eigenvalue weighted by atomic mass is 16.5. The molecule has 0 radical (unpaired) electrons. The van der Waals surface area contributed by atoms with Crippen LogP contribution < -0.4 is 4.74 Å². The van der Waals surface area contributed by atoms with Gasteiger partial charge < -0.3 is 9.47 Å². The van der Waals surface area contributed by atoms with Gasteiger partial charge in [0.1, 0.15) is 12.4 Å². The van der Waals surface area contributed by atoms with Crippen LogP contribution in [0, 0.1) is 11.3 Å². The minimum atomic E-state index is -0.239. The number of methoxy groups -OCH3 is 1. The molecule has 0 amide bonds. The Morgan fingerprint density at radius 2 is 2.00 bits per heavy atom. The van der Waals surface area contributed by atoms with Crippen molar-refractivity contribution < 1.29 is 14.3 Å². The highest BCUT2D eigenvalue weighted by molar-refractivity contribution is 5.71. The molecule has 5 nitrogen and oxygen atoms in total. The summed E-state index contributed by atoms with van der Waals surface area (Å²) in [4.78, 5) is 13.3. The van der Waals surface area contributed by atoms with E-state index >= 15 is 0 Å². The van der Waals surface area contributed by atoms with Gasteiger partial charge in [-0.05, 0) is 37.2 Å². The molecule has 0 heterocycles. The molecule has 0 atom stereocenters. The molecular weight excluding hydrogens is 256 g/mol. The van der Waals surface area contributed by atoms with Gasteiger partial charge in [0.25, 0.3) is 0 Å². The molecule has 0 bridgehead atoms. The summed E-state index contributed by atoms with van der Waals surface area (Å²) in [6.45, 7) is 4.31. The largest absolute Gasteiger partial charge is 0.492 e. The van der Waals surface area contributed by atoms with Gasteiger partial charge in [-0.3, -0.25) is 9.69 Å². The smallest absolute Gasteiger partial charge is 0.319 e. The number of hydrogen-bond acceptors (Lipinski definition) is 5. The first-order valence-electron chi connectivity index (χ1n) is 6.61. The molecule has 108 valence electrons. The molecule has 1 aromatic rings. The van der Waals surface area contributed by atoms with E-state index in [4.69, 9.17) is 10.00 Å². The summed E-state index contributed by atoms with van der Waals surface area (Å²) >= 11 is 0. The zero-order valence-electron chi connectivity index (χ0n) is 12.0. The van der Waals surface area contributed by atoms with Crippen molar-refractivity contribution in [1.29, 1.82) is 5.26 Å². The molecule has 0 aliphatic rings. The molecule has 0 fully saturated rings. The van der Waals surface area contributed by atoms with E-state index < -0.39 is 0 Å². The van der Waals surface area contributed by atoms with Crippen LogP contribution >= 0.6 is 0 Å². The van der Waals surface area contributed by atoms with Gasteiger partial charge in [0, 0.05) is 6.54 Å². The van der Waals surface area contributed by atoms with Crippen molar-refractivity contribution in [3.05, 3.63) is 29.8 Å². The molecule has 0 unspecified atom stereocenters. The lowest BCUT2D eigenvalue weighted by Crippen LogP contribution is -2.34. The van der Waals surface area contributed by atoms with Crippen LogP contribution in [0.2, 0.25) is 0 Å². The van der Waals surface area contributed by atoms with Gasteiger partial charge in [-0.15, -0.1) is 0 Å². The molecule has 0 saturated heterocycles. The number of nitriles is 1. The normalized spacial score (nSPS) is 10.1. The van der Waals surface area contributed by atoms with Crippen LogP contribution in [0.1, 0.15) is 18.9 Å². The second kappa shape index (κ2) is 8.94. The Hall–Kier alpha value is -2.06. The lowest BCUT2D eigenvalue weighted by Gasteiger charge is -2.20. The fourth-order valence-electron chi connectivity index (χ4n) is 1.75. The summed E-state index contributed by atoms with van der Waals surface area (Å²) in [5.41, 5.74) is 0.607. The van der Waals surface area contributed by atoms with E-state index in [9.17, 15) is 4.79 Å². The molecule has 0 aliphatic heterocycles. The summed E-state index contributed by atoms with van der Waals surface area (Å²) in [6, 6.07) is 9.02. The SMILES string of the molecule is CCCN(CCOc1ccc(C#N)cc1)CC(=O)OC. The molecule has 1 rings (SSSR count). The maximum absolute atomic E-state index is 11.3. The molecule has 0 aromatic heterocycles. The van der Waals surface area contributed by atoms with Crippen LogP contribution in [-0.4, -0.2) is 44.2 Å². The molecule has 5 heteroatoms. The van der Waals surface area contributed by atoms with Crippen LogP contribution in [0.5, 0.6) is 5.75 Å². The molecule has 0 saturated carbocycles. The Labute approximate surface area is 119 Å². The number of nitrogens with zero attached hydrogens (tertiary/aromatic N) is 2. The molecule has 0 aliphatic carbocycles. The van der Waals surface area contributed by atoms with E-state index in [2.05, 4.69) is 17.7 Å². The Kier molecular flexibility index (Phi) is 7.15. The third kappa shape index (κ3) is 5.72. The van der Waals surface area contributed by atoms with Crippen LogP contribution in [0.4, 0.5) is 0 Å². The molecule has 0 spiro atoms. The Balaban J connectivity index is 2.39. The summed E-state index contributed by atoms with van der Waals surface area (Å²) in [6.07, 6.45) is 0.966. The first-order chi connectivity index (χ1) is 9.69. The van der Waals surface area contributed by atoms with Crippen LogP contribution in [0.3, 0.4) is 0 Å². The number of rotatable bonds is 8. The minimum absolute atomic E-state index is 0.239. The van der Waals surface area contributed by atoms with Gasteiger partial charge in [0.2, 0.25) is 0 Å². The number of carbonyl (C=O) groups excluding carboxylic acids is 1. The minimum Gasteiger partial charge on any atom is -0.492 e. The van der Waals surface area contributed by atoms with Gasteiger partial charge in [0.05, 0.1) is 25.3 Å². The summed E-state index contributed by atoms with van der Waals surface area (Å²) in [5, 5.41) is 8.70. The topological polar surface area (TPSA) is 62.6 Å². The zero-order chi connectivity index (χ0) is 14.8. The highest BCUT2D eigenvalue weighted by Gasteiger charge is 2.09. The molecule has 1 aromatic carbocycles. The van der Waals surface area contributed by atoms with Crippen LogP contribution in [0.15, 0.2) is 24.3 Å². The molecule has 20 heavy (non-hydrogen) atoms. The van der Waals surface area contributed by atoms with Crippen LogP contribution in [0.25, 0.3) is 0 Å². The first kappa shape index (κ1) is 16.0. The second-order valence-corrected chi connectivity index (χ2v) is 4.34. The lowest BCUT2D eigenvalue weighted by molar-refractivity contribution is -0.142. The number of esters is 1. The van der Waals surface area contributed by atoms with E-state index in [0.29, 0.717) is 18.7 Å². The van der Waals surface area contributed by atoms with Crippen molar-refractivity contribution in [2.75, 3.05) is 33.4 Å². The highest BCUT2D eigenvalue weighted by Crippen LogP contribution is 2.11. The van der Waals surface area contributed by atoms with Crippen molar-refractivity contribution in [1.82, 2.24) is 4.90 Å². The quantitative estimate of drug-likeness (QED) is 0.678. The average molecular weight is 276 g/mol. The Morgan fingerprint density at radius 3 is 2.55 bits per heavy atom. The van der Waals surface area contributed by atoms with Crippen molar-refractivity contribution in [3.63, 3.8) is 0 Å². The Bertz CT molecular complexity index is 451. The number of hydrogen-bond donors (Lipinski definition) is 0. The van der Waals surface area contributed by atoms with Gasteiger partial charge in [-0.2, -0.15) is 5.26 Å². The molecular formula is C15H20N2O3. The van der Waals surface area contributed by atoms with Crippen molar-refractivity contribution in [3.8, 4) is 11.8 Å². The third-order valence-electron chi connectivity index (χ3n) is 2.78. The Morgan fingerprint density at radius 1 is 1.30 bits per heavy atom. The van der Waals surface area contributed by atoms with E-state index in [1.54, 1.807) is 24.3 Å². The zero-order valence-corrected chi connectivity index (χ0v) is 12.0. The van der Waals surface area contributed by atoms with E-state index in [1.807, 2.05) is 4.90 Å². The molecule has 0 N–H and O–H groups in total. The fourth-order valence-corrected chi connectivity index (χ4v) is 1.75. The monoisotopic (exact) mass is 276 g/mol. The third-order valence-corrected chi connectivity index (χ3v) is 2.78. The van der Waals surface area contributed by atoms with Gasteiger partial charge in [0.15, 0.2) is 0 Å². The van der Waals surface area contributed by atoms with Gasteiger partial charge >= 0.3 is 5.97 Å². The van der Waals surface area contributed by atoms with Gasteiger partial charge in [-0.25, -0.2) is 0 Å². The van der Waals surface area contributed by atoms with Gasteiger partial charge in [-0.1, -0.05) is 6.92 Å². The number of benzene rings is 1. The lowest BCUT2D eigenvalue weighted by atomic mass is 10.2. The first-order valence-corrected chi connectivity index (χ1v) is 6.61. The summed E-state index contributed by atoms with van der Waals surface area (Å²) in [5.74, 6) is 0.482. The standard InChI is InChI=1S/C15H20N2O3/c1-3-8-17(12-15(18)19-2)9-10-20-14-6-4-13(11-16)5-7-14/h4-7H,3,8-10,12H2,1-2H3. The maximum atomic E-state index is 11.3. The average Bonchev–Trinajstić information content (AvgIpc) is 2.48. The number of ether oxygens (including phenoxy) is 2. The maximum Gasteiger partial charge on any atom is 0.319 e. The second-order valence-electron chi connectivity index (χ2n) is 4.34. The van der Waals surface area contributed by atoms with E-state index in [1.165, 1.54) is 7.11 Å². The van der Waals surface area contributed by atoms with Crippen molar-refractivity contribution >= 4 is 5.97 Å². The van der Waals surface area contributed by atoms with E-state index in [0.717, 1.165) is 18.7 Å².